The molecular formula is C6H6BrClN2O. The van der Waals surface area contributed by atoms with Gasteiger partial charge in [0.05, 0.1) is 17.3 Å². The zero-order valence-corrected chi connectivity index (χ0v) is 8.11. The van der Waals surface area contributed by atoms with E-state index in [0.29, 0.717) is 21.2 Å². The van der Waals surface area contributed by atoms with Gasteiger partial charge in [0.2, 0.25) is 5.88 Å². The van der Waals surface area contributed by atoms with Gasteiger partial charge in [-0.15, -0.1) is 0 Å². The fraction of sp³-hybridized carbons (Fsp3) is 0.167. The predicted molar refractivity (Wildman–Crippen MR) is 47.9 cm³/mol. The Morgan fingerprint density at radius 3 is 2.82 bits per heavy atom. The number of aromatic nitrogens is 1. The van der Waals surface area contributed by atoms with Gasteiger partial charge >= 0.3 is 0 Å². The van der Waals surface area contributed by atoms with Crippen LogP contribution in [0.4, 0.5) is 5.69 Å². The molecule has 1 rings (SSSR count). The lowest BCUT2D eigenvalue weighted by molar-refractivity contribution is 0.398. The van der Waals surface area contributed by atoms with Crippen molar-refractivity contribution in [2.24, 2.45) is 0 Å². The lowest BCUT2D eigenvalue weighted by Gasteiger charge is -2.02. The van der Waals surface area contributed by atoms with E-state index in [9.17, 15) is 0 Å². The van der Waals surface area contributed by atoms with Crippen LogP contribution in [0.1, 0.15) is 0 Å². The Morgan fingerprint density at radius 2 is 2.36 bits per heavy atom. The van der Waals surface area contributed by atoms with Gasteiger partial charge in [0.25, 0.3) is 0 Å². The van der Waals surface area contributed by atoms with Crippen molar-refractivity contribution in [3.63, 3.8) is 0 Å². The monoisotopic (exact) mass is 236 g/mol. The highest BCUT2D eigenvalue weighted by Crippen LogP contribution is 2.29. The molecule has 0 aromatic carbocycles. The highest BCUT2D eigenvalue weighted by molar-refractivity contribution is 9.10. The summed E-state index contributed by atoms with van der Waals surface area (Å²) in [6, 6.07) is 1.59. The Hall–Kier alpha value is -0.480. The summed E-state index contributed by atoms with van der Waals surface area (Å²) in [6.45, 7) is 0. The molecule has 0 amide bonds. The molecule has 2 N–H and O–H groups in total. The summed E-state index contributed by atoms with van der Waals surface area (Å²) in [5.74, 6) is 0.413. The maximum atomic E-state index is 5.68. The van der Waals surface area contributed by atoms with Crippen molar-refractivity contribution >= 4 is 33.2 Å². The van der Waals surface area contributed by atoms with Crippen molar-refractivity contribution in [1.29, 1.82) is 0 Å². The summed E-state index contributed by atoms with van der Waals surface area (Å²) in [6.07, 6.45) is 0. The molecule has 0 radical (unpaired) electrons. The molecule has 0 fully saturated rings. The van der Waals surface area contributed by atoms with E-state index in [0.717, 1.165) is 0 Å². The average molecular weight is 237 g/mol. The third-order valence-corrected chi connectivity index (χ3v) is 2.47. The van der Waals surface area contributed by atoms with Crippen LogP contribution in [0.2, 0.25) is 5.15 Å². The standard InChI is InChI=1S/C6H6BrClN2O/c1-11-4-2-3(9)5(7)6(8)10-4/h2H,1H3,(H2,9,10). The molecule has 0 saturated carbocycles. The molecule has 0 unspecified atom stereocenters. The number of hydrogen-bond acceptors (Lipinski definition) is 3. The summed E-state index contributed by atoms with van der Waals surface area (Å²) >= 11 is 8.85. The van der Waals surface area contributed by atoms with Crippen LogP contribution in [0.25, 0.3) is 0 Å². The lowest BCUT2D eigenvalue weighted by Crippen LogP contribution is -1.93. The van der Waals surface area contributed by atoms with E-state index >= 15 is 0 Å². The number of rotatable bonds is 1. The fourth-order valence-electron chi connectivity index (χ4n) is 0.598. The summed E-state index contributed by atoms with van der Waals surface area (Å²) in [7, 11) is 1.51. The van der Waals surface area contributed by atoms with E-state index in [-0.39, 0.29) is 0 Å². The van der Waals surface area contributed by atoms with E-state index in [1.165, 1.54) is 7.11 Å². The van der Waals surface area contributed by atoms with Crippen LogP contribution in [0.5, 0.6) is 5.88 Å². The molecule has 0 aliphatic heterocycles. The minimum Gasteiger partial charge on any atom is -0.481 e. The number of halogens is 2. The minimum atomic E-state index is 0.307. The summed E-state index contributed by atoms with van der Waals surface area (Å²) in [5.41, 5.74) is 6.06. The van der Waals surface area contributed by atoms with Crippen molar-refractivity contribution in [3.8, 4) is 5.88 Å². The number of nitrogens with zero attached hydrogens (tertiary/aromatic N) is 1. The average Bonchev–Trinajstić information content (AvgIpc) is 1.99. The Bertz CT molecular complexity index is 256. The second-order valence-corrected chi connectivity index (χ2v) is 3.01. The number of pyridine rings is 1. The van der Waals surface area contributed by atoms with Gasteiger partial charge in [-0.05, 0) is 15.9 Å². The van der Waals surface area contributed by atoms with Gasteiger partial charge in [-0.25, -0.2) is 4.98 Å². The largest absolute Gasteiger partial charge is 0.481 e. The number of methoxy groups -OCH3 is 1. The Morgan fingerprint density at radius 1 is 1.73 bits per heavy atom. The molecule has 0 atom stereocenters. The number of hydrogen-bond donors (Lipinski definition) is 1. The van der Waals surface area contributed by atoms with Crippen molar-refractivity contribution in [2.75, 3.05) is 12.8 Å². The molecule has 60 valence electrons. The second kappa shape index (κ2) is 3.28. The van der Waals surface area contributed by atoms with Crippen molar-refractivity contribution in [1.82, 2.24) is 4.98 Å². The van der Waals surface area contributed by atoms with Gasteiger partial charge in [-0.3, -0.25) is 0 Å². The maximum absolute atomic E-state index is 5.68. The molecule has 1 heterocycles. The molecular weight excluding hydrogens is 231 g/mol. The van der Waals surface area contributed by atoms with Crippen molar-refractivity contribution in [2.45, 2.75) is 0 Å². The third-order valence-electron chi connectivity index (χ3n) is 1.13. The zero-order chi connectivity index (χ0) is 8.43. The first kappa shape index (κ1) is 8.62. The molecule has 0 bridgehead atoms. The first-order valence-corrected chi connectivity index (χ1v) is 3.97. The quantitative estimate of drug-likeness (QED) is 0.761. The molecule has 1 aromatic rings. The number of ether oxygens (including phenoxy) is 1. The highest BCUT2D eigenvalue weighted by atomic mass is 79.9. The topological polar surface area (TPSA) is 48.1 Å². The first-order valence-electron chi connectivity index (χ1n) is 2.80. The molecule has 0 aliphatic carbocycles. The van der Waals surface area contributed by atoms with Crippen LogP contribution in [0.3, 0.4) is 0 Å². The third kappa shape index (κ3) is 1.75. The SMILES string of the molecule is COc1cc(N)c(Br)c(Cl)n1. The highest BCUT2D eigenvalue weighted by Gasteiger charge is 2.05. The van der Waals surface area contributed by atoms with Gasteiger partial charge in [-0.1, -0.05) is 11.6 Å². The Labute approximate surface area is 77.6 Å². The zero-order valence-electron chi connectivity index (χ0n) is 5.77. The summed E-state index contributed by atoms with van der Waals surface area (Å²) in [5, 5.41) is 0.307. The first-order chi connectivity index (χ1) is 5.15. The Balaban J connectivity index is 3.21. The maximum Gasteiger partial charge on any atom is 0.216 e. The fourth-order valence-corrected chi connectivity index (χ4v) is 0.994. The number of nitrogen functional groups attached to an aromatic ring is 1. The molecule has 0 aliphatic rings. The van der Waals surface area contributed by atoms with Crippen molar-refractivity contribution < 1.29 is 4.74 Å². The lowest BCUT2D eigenvalue weighted by atomic mass is 10.4. The molecule has 0 spiro atoms. The smallest absolute Gasteiger partial charge is 0.216 e. The van der Waals surface area contributed by atoms with Gasteiger partial charge in [0.1, 0.15) is 5.15 Å². The van der Waals surface area contributed by atoms with E-state index in [2.05, 4.69) is 20.9 Å². The normalized spacial score (nSPS) is 9.73. The van der Waals surface area contributed by atoms with E-state index < -0.39 is 0 Å². The van der Waals surface area contributed by atoms with Crippen molar-refractivity contribution in [3.05, 3.63) is 15.7 Å². The van der Waals surface area contributed by atoms with Crippen LogP contribution < -0.4 is 10.5 Å². The summed E-state index contributed by atoms with van der Waals surface area (Å²) in [4.78, 5) is 3.87. The molecule has 3 nitrogen and oxygen atoms in total. The van der Waals surface area contributed by atoms with E-state index in [4.69, 9.17) is 22.1 Å². The van der Waals surface area contributed by atoms with Crippen LogP contribution >= 0.6 is 27.5 Å². The minimum absolute atomic E-state index is 0.307. The molecule has 1 aromatic heterocycles. The summed E-state index contributed by atoms with van der Waals surface area (Å²) < 4.78 is 5.43. The van der Waals surface area contributed by atoms with Crippen LogP contribution in [-0.4, -0.2) is 12.1 Å². The number of anilines is 1. The second-order valence-electron chi connectivity index (χ2n) is 1.86. The molecule has 11 heavy (non-hydrogen) atoms. The number of nitrogens with two attached hydrogens (primary N) is 1. The van der Waals surface area contributed by atoms with E-state index in [1.807, 2.05) is 0 Å². The molecule has 0 saturated heterocycles. The predicted octanol–water partition coefficient (Wildman–Crippen LogP) is 2.09. The van der Waals surface area contributed by atoms with Gasteiger partial charge < -0.3 is 10.5 Å². The van der Waals surface area contributed by atoms with Crippen LogP contribution in [0.15, 0.2) is 10.5 Å². The van der Waals surface area contributed by atoms with Gasteiger partial charge in [-0.2, -0.15) is 0 Å². The Kier molecular flexibility index (Phi) is 2.57. The molecule has 5 heteroatoms. The van der Waals surface area contributed by atoms with Crippen LogP contribution in [0, 0.1) is 0 Å². The van der Waals surface area contributed by atoms with Crippen LogP contribution in [-0.2, 0) is 0 Å². The van der Waals surface area contributed by atoms with E-state index in [1.54, 1.807) is 6.07 Å². The van der Waals surface area contributed by atoms with Gasteiger partial charge in [0, 0.05) is 6.07 Å². The van der Waals surface area contributed by atoms with Gasteiger partial charge in [0.15, 0.2) is 0 Å².